The maximum atomic E-state index is 4.64. The third-order valence-corrected chi connectivity index (χ3v) is 4.44. The van der Waals surface area contributed by atoms with E-state index in [1.807, 2.05) is 18.0 Å². The minimum Gasteiger partial charge on any atom is -0.371 e. The van der Waals surface area contributed by atoms with E-state index >= 15 is 0 Å². The van der Waals surface area contributed by atoms with E-state index < -0.39 is 0 Å². The van der Waals surface area contributed by atoms with Crippen LogP contribution in [0.15, 0.2) is 18.3 Å². The highest BCUT2D eigenvalue weighted by Crippen LogP contribution is 2.20. The molecule has 0 bridgehead atoms. The Bertz CT molecular complexity index is 366. The fourth-order valence-corrected chi connectivity index (χ4v) is 2.83. The van der Waals surface area contributed by atoms with Gasteiger partial charge in [-0.25, -0.2) is 0 Å². The molecule has 0 aliphatic rings. The molecule has 2 atom stereocenters. The molecule has 1 aromatic rings. The van der Waals surface area contributed by atoms with Crippen LogP contribution in [0, 0.1) is 0 Å². The molecule has 2 unspecified atom stereocenters. The van der Waals surface area contributed by atoms with Gasteiger partial charge >= 0.3 is 0 Å². The largest absolute Gasteiger partial charge is 0.371 e. The topological polar surface area (TPSA) is 28.2 Å². The first-order chi connectivity index (χ1) is 9.63. The first-order valence-electron chi connectivity index (χ1n) is 7.55. The van der Waals surface area contributed by atoms with Crippen molar-refractivity contribution in [3.05, 3.63) is 24.0 Å². The Hall–Kier alpha value is -0.740. The molecule has 1 aromatic heterocycles. The van der Waals surface area contributed by atoms with Gasteiger partial charge in [0.2, 0.25) is 0 Å². The molecule has 0 aliphatic carbocycles. The highest BCUT2D eigenvalue weighted by Gasteiger charge is 2.12. The van der Waals surface area contributed by atoms with Crippen LogP contribution in [-0.2, 0) is 0 Å². The van der Waals surface area contributed by atoms with Crippen LogP contribution in [0.3, 0.4) is 0 Å². The average molecular weight is 295 g/mol. The van der Waals surface area contributed by atoms with Gasteiger partial charge in [0.15, 0.2) is 0 Å². The minimum atomic E-state index is 0.369. The molecule has 0 spiro atoms. The van der Waals surface area contributed by atoms with E-state index in [9.17, 15) is 0 Å². The van der Waals surface area contributed by atoms with Crippen molar-refractivity contribution in [2.24, 2.45) is 0 Å². The van der Waals surface area contributed by atoms with Crippen LogP contribution < -0.4 is 10.2 Å². The Morgan fingerprint density at radius 1 is 1.35 bits per heavy atom. The summed E-state index contributed by atoms with van der Waals surface area (Å²) in [6.07, 6.45) is 6.44. The minimum absolute atomic E-state index is 0.369. The number of anilines is 1. The quantitative estimate of drug-likeness (QED) is 0.751. The Morgan fingerprint density at radius 2 is 2.10 bits per heavy atom. The summed E-state index contributed by atoms with van der Waals surface area (Å²) in [4.78, 5) is 6.96. The van der Waals surface area contributed by atoms with E-state index in [1.54, 1.807) is 0 Å². The monoisotopic (exact) mass is 295 g/mol. The van der Waals surface area contributed by atoms with Crippen molar-refractivity contribution in [2.45, 2.75) is 45.7 Å². The van der Waals surface area contributed by atoms with Crippen LogP contribution >= 0.6 is 11.8 Å². The molecule has 0 aromatic carbocycles. The molecule has 0 radical (unpaired) electrons. The Morgan fingerprint density at radius 3 is 2.60 bits per heavy atom. The lowest BCUT2D eigenvalue weighted by Crippen LogP contribution is -2.29. The zero-order chi connectivity index (χ0) is 15.0. The first-order valence-corrected chi connectivity index (χ1v) is 8.94. The van der Waals surface area contributed by atoms with Gasteiger partial charge in [0.05, 0.1) is 17.6 Å². The van der Waals surface area contributed by atoms with Crippen molar-refractivity contribution in [3.8, 4) is 0 Å². The molecule has 1 N–H and O–H groups in total. The second kappa shape index (κ2) is 9.24. The Kier molecular flexibility index (Phi) is 8.00. The number of thioether (sulfide) groups is 1. The van der Waals surface area contributed by atoms with Gasteiger partial charge in [-0.15, -0.1) is 0 Å². The van der Waals surface area contributed by atoms with Crippen LogP contribution in [0.4, 0.5) is 5.69 Å². The van der Waals surface area contributed by atoms with E-state index in [1.165, 1.54) is 17.9 Å². The predicted molar refractivity (Wildman–Crippen MR) is 91.8 cm³/mol. The van der Waals surface area contributed by atoms with Gasteiger partial charge in [-0.3, -0.25) is 4.98 Å². The zero-order valence-electron chi connectivity index (χ0n) is 13.5. The molecular weight excluding hydrogens is 266 g/mol. The van der Waals surface area contributed by atoms with Gasteiger partial charge in [-0.2, -0.15) is 11.8 Å². The standard InChI is InChI=1S/C16H29N3S/c1-6-15(17-7-2)16-9-8-14(12-18-16)19(4)13(3)10-11-20-5/h8-9,12-13,15,17H,6-7,10-11H2,1-5H3. The highest BCUT2D eigenvalue weighted by atomic mass is 32.2. The molecule has 0 fully saturated rings. The number of hydrogen-bond acceptors (Lipinski definition) is 4. The number of nitrogens with zero attached hydrogens (tertiary/aromatic N) is 2. The van der Waals surface area contributed by atoms with Crippen LogP contribution in [0.5, 0.6) is 0 Å². The van der Waals surface area contributed by atoms with Crippen molar-refractivity contribution in [1.29, 1.82) is 0 Å². The molecule has 0 saturated heterocycles. The van der Waals surface area contributed by atoms with Gasteiger partial charge in [-0.1, -0.05) is 13.8 Å². The fourth-order valence-electron chi connectivity index (χ4n) is 2.25. The van der Waals surface area contributed by atoms with Gasteiger partial charge in [0, 0.05) is 19.1 Å². The summed E-state index contributed by atoms with van der Waals surface area (Å²) in [5.41, 5.74) is 2.34. The Labute approximate surface area is 128 Å². The summed E-state index contributed by atoms with van der Waals surface area (Å²) >= 11 is 1.91. The normalized spacial score (nSPS) is 14.1. The third kappa shape index (κ3) is 4.98. The number of aromatic nitrogens is 1. The van der Waals surface area contributed by atoms with Crippen molar-refractivity contribution in [2.75, 3.05) is 30.5 Å². The van der Waals surface area contributed by atoms with Crippen LogP contribution in [0.1, 0.15) is 45.3 Å². The van der Waals surface area contributed by atoms with E-state index in [4.69, 9.17) is 0 Å². The molecule has 0 amide bonds. The van der Waals surface area contributed by atoms with Crippen molar-refractivity contribution in [3.63, 3.8) is 0 Å². The smallest absolute Gasteiger partial charge is 0.0574 e. The summed E-state index contributed by atoms with van der Waals surface area (Å²) in [6, 6.07) is 5.26. The SMILES string of the molecule is CCNC(CC)c1ccc(N(C)C(C)CCSC)cn1. The summed E-state index contributed by atoms with van der Waals surface area (Å²) in [5, 5.41) is 3.47. The van der Waals surface area contributed by atoms with E-state index in [-0.39, 0.29) is 0 Å². The first kappa shape index (κ1) is 17.3. The van der Waals surface area contributed by atoms with Gasteiger partial charge < -0.3 is 10.2 Å². The number of rotatable bonds is 9. The summed E-state index contributed by atoms with van der Waals surface area (Å²) in [7, 11) is 2.16. The van der Waals surface area contributed by atoms with Gasteiger partial charge in [0.1, 0.15) is 0 Å². The van der Waals surface area contributed by atoms with Crippen molar-refractivity contribution < 1.29 is 0 Å². The maximum Gasteiger partial charge on any atom is 0.0574 e. The average Bonchev–Trinajstić information content (AvgIpc) is 2.49. The van der Waals surface area contributed by atoms with Crippen LogP contribution in [-0.4, -0.2) is 36.6 Å². The second-order valence-corrected chi connectivity index (χ2v) is 6.19. The number of pyridine rings is 1. The second-order valence-electron chi connectivity index (χ2n) is 5.20. The van der Waals surface area contributed by atoms with E-state index in [2.05, 4.69) is 61.4 Å². The molecule has 20 heavy (non-hydrogen) atoms. The number of hydrogen-bond donors (Lipinski definition) is 1. The molecule has 3 nitrogen and oxygen atoms in total. The fraction of sp³-hybridized carbons (Fsp3) is 0.688. The lowest BCUT2D eigenvalue weighted by molar-refractivity contribution is 0.524. The highest BCUT2D eigenvalue weighted by molar-refractivity contribution is 7.98. The van der Waals surface area contributed by atoms with Gasteiger partial charge in [-0.05, 0) is 50.5 Å². The Balaban J connectivity index is 2.69. The number of nitrogens with one attached hydrogen (secondary N) is 1. The summed E-state index contributed by atoms with van der Waals surface area (Å²) < 4.78 is 0. The third-order valence-electron chi connectivity index (χ3n) is 3.79. The maximum absolute atomic E-state index is 4.64. The lowest BCUT2D eigenvalue weighted by Gasteiger charge is -2.27. The van der Waals surface area contributed by atoms with Crippen LogP contribution in [0.25, 0.3) is 0 Å². The molecular formula is C16H29N3S. The van der Waals surface area contributed by atoms with Crippen molar-refractivity contribution >= 4 is 17.4 Å². The molecule has 114 valence electrons. The molecule has 0 saturated carbocycles. The summed E-state index contributed by atoms with van der Waals surface area (Å²) in [5.74, 6) is 1.20. The van der Waals surface area contributed by atoms with Crippen molar-refractivity contribution in [1.82, 2.24) is 10.3 Å². The predicted octanol–water partition coefficient (Wildman–Crippen LogP) is 3.72. The van der Waals surface area contributed by atoms with E-state index in [0.29, 0.717) is 12.1 Å². The molecule has 4 heteroatoms. The molecule has 1 rings (SSSR count). The summed E-state index contributed by atoms with van der Waals surface area (Å²) in [6.45, 7) is 7.59. The lowest BCUT2D eigenvalue weighted by atomic mass is 10.1. The molecule has 0 aliphatic heterocycles. The zero-order valence-corrected chi connectivity index (χ0v) is 14.3. The van der Waals surface area contributed by atoms with Crippen LogP contribution in [0.2, 0.25) is 0 Å². The van der Waals surface area contributed by atoms with Gasteiger partial charge in [0.25, 0.3) is 0 Å². The van der Waals surface area contributed by atoms with E-state index in [0.717, 1.165) is 18.7 Å². The molecule has 1 heterocycles.